The highest BCUT2D eigenvalue weighted by atomic mass is 35.5. The van der Waals surface area contributed by atoms with Crippen molar-refractivity contribution in [1.82, 2.24) is 10.2 Å². The van der Waals surface area contributed by atoms with E-state index in [4.69, 9.17) is 0 Å². The fourth-order valence-corrected chi connectivity index (χ4v) is 2.85. The van der Waals surface area contributed by atoms with E-state index in [1.807, 2.05) is 6.07 Å². The molecule has 1 heterocycles. The molecule has 1 aromatic rings. The van der Waals surface area contributed by atoms with Crippen molar-refractivity contribution in [2.24, 2.45) is 0 Å². The second-order valence-electron chi connectivity index (χ2n) is 5.38. The van der Waals surface area contributed by atoms with Crippen LogP contribution in [-0.2, 0) is 6.54 Å². The molecule has 118 valence electrons. The summed E-state index contributed by atoms with van der Waals surface area (Å²) in [6.45, 7) is 6.18. The lowest BCUT2D eigenvalue weighted by Gasteiger charge is -2.34. The van der Waals surface area contributed by atoms with Crippen molar-refractivity contribution in [1.29, 1.82) is 0 Å². The highest BCUT2D eigenvalue weighted by Crippen LogP contribution is 2.19. The van der Waals surface area contributed by atoms with E-state index in [1.165, 1.54) is 0 Å². The number of piperidine rings is 1. The van der Waals surface area contributed by atoms with E-state index < -0.39 is 0 Å². The van der Waals surface area contributed by atoms with Crippen LogP contribution in [0.5, 0.6) is 0 Å². The zero-order valence-electron chi connectivity index (χ0n) is 12.5. The van der Waals surface area contributed by atoms with Gasteiger partial charge >= 0.3 is 0 Å². The lowest BCUT2D eigenvalue weighted by molar-refractivity contribution is -0.384. The van der Waals surface area contributed by atoms with Gasteiger partial charge in [-0.3, -0.25) is 15.0 Å². The smallest absolute Gasteiger partial charge is 0.269 e. The van der Waals surface area contributed by atoms with Crippen molar-refractivity contribution in [2.75, 3.05) is 19.6 Å². The monoisotopic (exact) mass is 313 g/mol. The quantitative estimate of drug-likeness (QED) is 0.648. The summed E-state index contributed by atoms with van der Waals surface area (Å²) in [6.07, 6.45) is 3.43. The predicted molar refractivity (Wildman–Crippen MR) is 86.9 cm³/mol. The summed E-state index contributed by atoms with van der Waals surface area (Å²) in [5.74, 6) is 0. The minimum absolute atomic E-state index is 0. The van der Waals surface area contributed by atoms with E-state index in [0.29, 0.717) is 6.04 Å². The third-order valence-corrected chi connectivity index (χ3v) is 3.84. The van der Waals surface area contributed by atoms with Crippen LogP contribution in [0.25, 0.3) is 0 Å². The molecule has 0 spiro atoms. The molecule has 0 saturated carbocycles. The molecule has 6 heteroatoms. The number of nitro benzene ring substituents is 1. The molecule has 0 radical (unpaired) electrons. The second kappa shape index (κ2) is 8.97. The minimum atomic E-state index is -0.321. The molecule has 0 unspecified atom stereocenters. The van der Waals surface area contributed by atoms with Crippen molar-refractivity contribution in [3.63, 3.8) is 0 Å². The summed E-state index contributed by atoms with van der Waals surface area (Å²) in [4.78, 5) is 13.0. The first-order valence-corrected chi connectivity index (χ1v) is 7.39. The predicted octanol–water partition coefficient (Wildman–Crippen LogP) is 2.98. The van der Waals surface area contributed by atoms with Crippen LogP contribution in [0.2, 0.25) is 0 Å². The molecule has 0 atom stereocenters. The molecular weight excluding hydrogens is 290 g/mol. The molecule has 0 aliphatic carbocycles. The van der Waals surface area contributed by atoms with Crippen LogP contribution in [0.15, 0.2) is 24.3 Å². The molecule has 1 N–H and O–H groups in total. The van der Waals surface area contributed by atoms with E-state index in [1.54, 1.807) is 18.2 Å². The van der Waals surface area contributed by atoms with Gasteiger partial charge in [-0.05, 0) is 44.5 Å². The van der Waals surface area contributed by atoms with Gasteiger partial charge in [0.25, 0.3) is 5.69 Å². The average molecular weight is 314 g/mol. The topological polar surface area (TPSA) is 58.4 Å². The van der Waals surface area contributed by atoms with E-state index >= 15 is 0 Å². The number of nitro groups is 1. The van der Waals surface area contributed by atoms with Gasteiger partial charge in [-0.2, -0.15) is 0 Å². The number of non-ortho nitro benzene ring substituents is 1. The Hall–Kier alpha value is -1.17. The number of benzene rings is 1. The van der Waals surface area contributed by atoms with Gasteiger partial charge in [0.05, 0.1) is 4.92 Å². The van der Waals surface area contributed by atoms with Gasteiger partial charge in [0, 0.05) is 24.7 Å². The largest absolute Gasteiger partial charge is 0.317 e. The van der Waals surface area contributed by atoms with Gasteiger partial charge in [0.2, 0.25) is 0 Å². The van der Waals surface area contributed by atoms with Crippen molar-refractivity contribution in [3.05, 3.63) is 39.9 Å². The Labute approximate surface area is 132 Å². The summed E-state index contributed by atoms with van der Waals surface area (Å²) >= 11 is 0. The molecule has 0 amide bonds. The van der Waals surface area contributed by atoms with Crippen LogP contribution in [0.1, 0.15) is 31.7 Å². The zero-order chi connectivity index (χ0) is 14.4. The summed E-state index contributed by atoms with van der Waals surface area (Å²) < 4.78 is 0. The Balaban J connectivity index is 0.00000220. The lowest BCUT2D eigenvalue weighted by atomic mass is 10.0. The van der Waals surface area contributed by atoms with Gasteiger partial charge in [-0.1, -0.05) is 19.1 Å². The number of nitrogens with one attached hydrogen (secondary N) is 1. The van der Waals surface area contributed by atoms with Gasteiger partial charge in [0.15, 0.2) is 0 Å². The maximum Gasteiger partial charge on any atom is 0.269 e. The summed E-state index contributed by atoms with van der Waals surface area (Å²) in [7, 11) is 0. The molecular formula is C15H24ClN3O2. The maximum absolute atomic E-state index is 10.9. The van der Waals surface area contributed by atoms with E-state index in [9.17, 15) is 10.1 Å². The van der Waals surface area contributed by atoms with Crippen LogP contribution >= 0.6 is 12.4 Å². The van der Waals surface area contributed by atoms with Gasteiger partial charge in [-0.25, -0.2) is 0 Å². The first kappa shape index (κ1) is 17.9. The zero-order valence-corrected chi connectivity index (χ0v) is 13.3. The highest BCUT2D eigenvalue weighted by Gasteiger charge is 2.20. The van der Waals surface area contributed by atoms with Gasteiger partial charge in [0.1, 0.15) is 0 Å². The summed E-state index contributed by atoms with van der Waals surface area (Å²) in [6, 6.07) is 7.61. The van der Waals surface area contributed by atoms with Crippen molar-refractivity contribution >= 4 is 18.1 Å². The van der Waals surface area contributed by atoms with Crippen molar-refractivity contribution in [3.8, 4) is 0 Å². The fourth-order valence-electron chi connectivity index (χ4n) is 2.85. The third kappa shape index (κ3) is 5.26. The Morgan fingerprint density at radius 2 is 2.10 bits per heavy atom. The van der Waals surface area contributed by atoms with Crippen molar-refractivity contribution < 1.29 is 4.92 Å². The number of rotatable bonds is 6. The standard InChI is InChI=1S/C15H23N3O2.ClH/c1-2-10-17(14-6-8-16-9-7-14)12-13-4-3-5-15(11-13)18(19)20;/h3-5,11,14,16H,2,6-10,12H2,1H3;1H. The molecule has 1 fully saturated rings. The minimum Gasteiger partial charge on any atom is -0.317 e. The molecule has 1 saturated heterocycles. The van der Waals surface area contributed by atoms with Crippen LogP contribution in [0.4, 0.5) is 5.69 Å². The molecule has 1 aromatic carbocycles. The van der Waals surface area contributed by atoms with E-state index in [0.717, 1.165) is 51.0 Å². The lowest BCUT2D eigenvalue weighted by Crippen LogP contribution is -2.43. The van der Waals surface area contributed by atoms with Crippen LogP contribution in [-0.4, -0.2) is 35.5 Å². The molecule has 1 aliphatic rings. The normalized spacial score (nSPS) is 15.7. The van der Waals surface area contributed by atoms with E-state index in [2.05, 4.69) is 17.1 Å². The highest BCUT2D eigenvalue weighted by molar-refractivity contribution is 5.85. The Morgan fingerprint density at radius 3 is 2.71 bits per heavy atom. The Bertz CT molecular complexity index is 450. The van der Waals surface area contributed by atoms with Crippen LogP contribution in [0, 0.1) is 10.1 Å². The van der Waals surface area contributed by atoms with Crippen LogP contribution < -0.4 is 5.32 Å². The van der Waals surface area contributed by atoms with Gasteiger partial charge < -0.3 is 5.32 Å². The Morgan fingerprint density at radius 1 is 1.38 bits per heavy atom. The van der Waals surface area contributed by atoms with Gasteiger partial charge in [-0.15, -0.1) is 12.4 Å². The third-order valence-electron chi connectivity index (χ3n) is 3.84. The fraction of sp³-hybridized carbons (Fsp3) is 0.600. The second-order valence-corrected chi connectivity index (χ2v) is 5.38. The molecule has 21 heavy (non-hydrogen) atoms. The van der Waals surface area contributed by atoms with Crippen LogP contribution in [0.3, 0.4) is 0 Å². The number of halogens is 1. The molecule has 5 nitrogen and oxygen atoms in total. The first-order valence-electron chi connectivity index (χ1n) is 7.39. The summed E-state index contributed by atoms with van der Waals surface area (Å²) in [5, 5.41) is 14.2. The maximum atomic E-state index is 10.9. The number of nitrogens with zero attached hydrogens (tertiary/aromatic N) is 2. The van der Waals surface area contributed by atoms with Crippen molar-refractivity contribution in [2.45, 2.75) is 38.8 Å². The first-order chi connectivity index (χ1) is 9.70. The number of hydrogen-bond donors (Lipinski definition) is 1. The van der Waals surface area contributed by atoms with E-state index in [-0.39, 0.29) is 23.0 Å². The molecule has 2 rings (SSSR count). The molecule has 0 aromatic heterocycles. The Kier molecular flexibility index (Phi) is 7.64. The average Bonchev–Trinajstić information content (AvgIpc) is 2.48. The number of hydrogen-bond acceptors (Lipinski definition) is 4. The molecule has 0 bridgehead atoms. The SMILES string of the molecule is CCCN(Cc1cccc([N+](=O)[O-])c1)C1CCNCC1.Cl. The summed E-state index contributed by atoms with van der Waals surface area (Å²) in [5.41, 5.74) is 1.22. The molecule has 1 aliphatic heterocycles.